The molecule has 0 aliphatic carbocycles. The van der Waals surface area contributed by atoms with Gasteiger partial charge < -0.3 is 13.8 Å². The van der Waals surface area contributed by atoms with E-state index < -0.39 is 0 Å². The van der Waals surface area contributed by atoms with E-state index in [-0.39, 0.29) is 5.91 Å². The second kappa shape index (κ2) is 7.08. The third-order valence-corrected chi connectivity index (χ3v) is 6.35. The number of furan rings is 1. The number of rotatable bonds is 2. The molecule has 4 heterocycles. The van der Waals surface area contributed by atoms with Crippen molar-refractivity contribution < 1.29 is 13.7 Å². The Labute approximate surface area is 171 Å². The fraction of sp³-hybridized carbons (Fsp3) is 0.227. The van der Waals surface area contributed by atoms with Crippen LogP contribution in [-0.2, 0) is 0 Å². The highest BCUT2D eigenvalue weighted by Gasteiger charge is 2.28. The number of carbonyl (C=O) groups excluding carboxylic acids is 1. The van der Waals surface area contributed by atoms with Crippen molar-refractivity contribution in [1.82, 2.24) is 10.1 Å². The monoisotopic (exact) mass is 405 g/mol. The number of pyridine rings is 1. The Kier molecular flexibility index (Phi) is 4.39. The highest BCUT2D eigenvalue weighted by molar-refractivity contribution is 8.00. The second-order valence-corrected chi connectivity index (χ2v) is 8.60. The van der Waals surface area contributed by atoms with Crippen LogP contribution in [0.15, 0.2) is 62.6 Å². The summed E-state index contributed by atoms with van der Waals surface area (Å²) in [7, 11) is 0. The molecule has 6 nitrogen and oxygen atoms in total. The van der Waals surface area contributed by atoms with Crippen LogP contribution in [0.5, 0.6) is 0 Å². The van der Waals surface area contributed by atoms with E-state index in [0.29, 0.717) is 45.6 Å². The van der Waals surface area contributed by atoms with Crippen LogP contribution in [0.1, 0.15) is 29.4 Å². The van der Waals surface area contributed by atoms with Gasteiger partial charge in [0.15, 0.2) is 5.76 Å². The molecule has 1 aliphatic rings. The average Bonchev–Trinajstić information content (AvgIpc) is 3.35. The van der Waals surface area contributed by atoms with Crippen LogP contribution >= 0.6 is 11.8 Å². The molecule has 7 heteroatoms. The lowest BCUT2D eigenvalue weighted by molar-refractivity contribution is 0.0988. The summed E-state index contributed by atoms with van der Waals surface area (Å²) in [5.74, 6) is 0.495. The predicted molar refractivity (Wildman–Crippen MR) is 112 cm³/mol. The van der Waals surface area contributed by atoms with E-state index >= 15 is 0 Å². The first-order chi connectivity index (χ1) is 14.1. The van der Waals surface area contributed by atoms with Crippen molar-refractivity contribution >= 4 is 34.5 Å². The maximum Gasteiger partial charge on any atom is 0.259 e. The zero-order valence-electron chi connectivity index (χ0n) is 16.1. The van der Waals surface area contributed by atoms with Gasteiger partial charge in [0, 0.05) is 16.7 Å². The van der Waals surface area contributed by atoms with Crippen molar-refractivity contribution in [2.45, 2.75) is 30.4 Å². The minimum atomic E-state index is -0.0846. The summed E-state index contributed by atoms with van der Waals surface area (Å²) in [6.07, 6.45) is 2.49. The summed E-state index contributed by atoms with van der Waals surface area (Å²) in [5, 5.41) is 5.12. The second-order valence-electron chi connectivity index (χ2n) is 7.12. The van der Waals surface area contributed by atoms with Gasteiger partial charge in [0.25, 0.3) is 11.6 Å². The molecule has 1 amide bonds. The molecular formula is C22H19N3O3S. The van der Waals surface area contributed by atoms with Crippen LogP contribution in [-0.4, -0.2) is 27.8 Å². The Morgan fingerprint density at radius 2 is 2.10 bits per heavy atom. The molecule has 3 aromatic heterocycles. The Morgan fingerprint density at radius 1 is 1.24 bits per heavy atom. The molecule has 0 bridgehead atoms. The summed E-state index contributed by atoms with van der Waals surface area (Å²) in [6, 6.07) is 13.4. The van der Waals surface area contributed by atoms with Crippen molar-refractivity contribution in [3.8, 4) is 11.5 Å². The number of thioether (sulfide) groups is 1. The molecule has 0 fully saturated rings. The molecule has 4 aromatic rings. The maximum atomic E-state index is 13.8. The van der Waals surface area contributed by atoms with Gasteiger partial charge in [-0.15, -0.1) is 11.8 Å². The van der Waals surface area contributed by atoms with Gasteiger partial charge >= 0.3 is 0 Å². The number of aromatic nitrogens is 2. The van der Waals surface area contributed by atoms with E-state index in [4.69, 9.17) is 8.94 Å². The number of amides is 1. The number of hydrogen-bond acceptors (Lipinski definition) is 6. The molecule has 0 spiro atoms. The quantitative estimate of drug-likeness (QED) is 0.449. The fourth-order valence-electron chi connectivity index (χ4n) is 3.66. The zero-order chi connectivity index (χ0) is 20.0. The molecule has 0 saturated carbocycles. The number of aryl methyl sites for hydroxylation is 1. The number of para-hydroxylation sites is 1. The molecular weight excluding hydrogens is 386 g/mol. The molecule has 0 N–H and O–H groups in total. The first kappa shape index (κ1) is 18.0. The van der Waals surface area contributed by atoms with Gasteiger partial charge in [-0.25, -0.2) is 4.98 Å². The van der Waals surface area contributed by atoms with E-state index in [1.54, 1.807) is 30.2 Å². The van der Waals surface area contributed by atoms with E-state index in [9.17, 15) is 4.79 Å². The minimum absolute atomic E-state index is 0.0846. The van der Waals surface area contributed by atoms with Gasteiger partial charge in [-0.05, 0) is 43.7 Å². The summed E-state index contributed by atoms with van der Waals surface area (Å²) in [6.45, 7) is 4.67. The van der Waals surface area contributed by atoms with Crippen molar-refractivity contribution in [2.75, 3.05) is 11.4 Å². The Morgan fingerprint density at radius 3 is 2.93 bits per heavy atom. The maximum absolute atomic E-state index is 13.8. The van der Waals surface area contributed by atoms with Crippen LogP contribution in [0.25, 0.3) is 22.6 Å². The van der Waals surface area contributed by atoms with Gasteiger partial charge in [-0.2, -0.15) is 0 Å². The summed E-state index contributed by atoms with van der Waals surface area (Å²) in [4.78, 5) is 21.3. The Hall–Kier alpha value is -3.06. The van der Waals surface area contributed by atoms with Crippen molar-refractivity contribution in [1.29, 1.82) is 0 Å². The van der Waals surface area contributed by atoms with Gasteiger partial charge in [0.05, 0.1) is 28.6 Å². The number of benzene rings is 1. The summed E-state index contributed by atoms with van der Waals surface area (Å²) < 4.78 is 10.9. The molecule has 0 saturated heterocycles. The van der Waals surface area contributed by atoms with Gasteiger partial charge in [-0.1, -0.05) is 24.2 Å². The first-order valence-corrected chi connectivity index (χ1v) is 10.4. The van der Waals surface area contributed by atoms with Crippen LogP contribution in [0.3, 0.4) is 0 Å². The minimum Gasteiger partial charge on any atom is -0.463 e. The molecule has 5 rings (SSSR count). The van der Waals surface area contributed by atoms with Crippen LogP contribution in [0, 0.1) is 6.92 Å². The highest BCUT2D eigenvalue weighted by Crippen LogP contribution is 2.38. The summed E-state index contributed by atoms with van der Waals surface area (Å²) in [5.41, 5.74) is 2.99. The Bertz CT molecular complexity index is 1200. The van der Waals surface area contributed by atoms with Crippen LogP contribution in [0.2, 0.25) is 0 Å². The molecule has 29 heavy (non-hydrogen) atoms. The standard InChI is InChI=1S/C22H19N3O3S/c1-13-9-10-25(17-6-3-4-8-19(17)29-13)22(26)15-12-16(18-7-5-11-27-18)23-21-20(15)14(2)24-28-21/h3-8,11-13H,9-10H2,1-2H3/t13-/m1/s1. The van der Waals surface area contributed by atoms with Crippen molar-refractivity contribution in [3.05, 3.63) is 60.0 Å². The normalized spacial score (nSPS) is 16.6. The smallest absolute Gasteiger partial charge is 0.259 e. The van der Waals surface area contributed by atoms with E-state index in [0.717, 1.165) is 17.0 Å². The molecule has 0 radical (unpaired) electrons. The van der Waals surface area contributed by atoms with Gasteiger partial charge in [-0.3, -0.25) is 4.79 Å². The van der Waals surface area contributed by atoms with Gasteiger partial charge in [0.2, 0.25) is 0 Å². The molecule has 1 aliphatic heterocycles. The molecule has 146 valence electrons. The third-order valence-electron chi connectivity index (χ3n) is 5.11. The lowest BCUT2D eigenvalue weighted by Crippen LogP contribution is -2.32. The Balaban J connectivity index is 1.67. The number of carbonyl (C=O) groups is 1. The van der Waals surface area contributed by atoms with Crippen molar-refractivity contribution in [3.63, 3.8) is 0 Å². The van der Waals surface area contributed by atoms with Gasteiger partial charge in [0.1, 0.15) is 5.69 Å². The van der Waals surface area contributed by atoms with Crippen LogP contribution < -0.4 is 4.90 Å². The molecule has 0 unspecified atom stereocenters. The van der Waals surface area contributed by atoms with E-state index in [1.807, 2.05) is 36.1 Å². The lowest BCUT2D eigenvalue weighted by atomic mass is 10.1. The third kappa shape index (κ3) is 3.11. The number of hydrogen-bond donors (Lipinski definition) is 0. The van der Waals surface area contributed by atoms with Crippen molar-refractivity contribution in [2.24, 2.45) is 0 Å². The number of anilines is 1. The van der Waals surface area contributed by atoms with E-state index in [2.05, 4.69) is 23.1 Å². The topological polar surface area (TPSA) is 72.4 Å². The highest BCUT2D eigenvalue weighted by atomic mass is 32.2. The van der Waals surface area contributed by atoms with Crippen LogP contribution in [0.4, 0.5) is 5.69 Å². The molecule has 1 aromatic carbocycles. The lowest BCUT2D eigenvalue weighted by Gasteiger charge is -2.23. The predicted octanol–water partition coefficient (Wildman–Crippen LogP) is 5.32. The largest absolute Gasteiger partial charge is 0.463 e. The van der Waals surface area contributed by atoms with E-state index in [1.165, 1.54) is 0 Å². The number of nitrogens with zero attached hydrogens (tertiary/aromatic N) is 3. The number of fused-ring (bicyclic) bond motifs is 2. The zero-order valence-corrected chi connectivity index (χ0v) is 16.9. The average molecular weight is 405 g/mol. The molecule has 1 atom stereocenters. The fourth-order valence-corrected chi connectivity index (χ4v) is 4.77. The summed E-state index contributed by atoms with van der Waals surface area (Å²) >= 11 is 1.81. The SMILES string of the molecule is Cc1noc2nc(-c3ccco3)cc(C(=O)N3CC[C@@H](C)Sc4ccccc43)c12. The first-order valence-electron chi connectivity index (χ1n) is 9.50.